The SMILES string of the molecule is CC.O=C(Nc1cn(Cc2cccc(C(F)(F)F)c2)cn1)C1=CC2=C(CCC1)CNCC2. The Bertz CT molecular complexity index is 1000. The molecular formula is C24H29F3N4O. The molecule has 1 aliphatic carbocycles. The van der Waals surface area contributed by atoms with E-state index < -0.39 is 11.7 Å². The quantitative estimate of drug-likeness (QED) is 0.669. The summed E-state index contributed by atoms with van der Waals surface area (Å²) in [5.41, 5.74) is 3.22. The molecule has 2 aromatic rings. The van der Waals surface area contributed by atoms with Crippen molar-refractivity contribution in [2.75, 3.05) is 18.4 Å². The molecule has 0 radical (unpaired) electrons. The summed E-state index contributed by atoms with van der Waals surface area (Å²) in [6.07, 6.45) is 4.35. The van der Waals surface area contributed by atoms with Gasteiger partial charge in [0.05, 0.1) is 11.9 Å². The van der Waals surface area contributed by atoms with Gasteiger partial charge in [-0.1, -0.05) is 37.6 Å². The van der Waals surface area contributed by atoms with Crippen molar-refractivity contribution >= 4 is 11.7 Å². The Morgan fingerprint density at radius 2 is 2.03 bits per heavy atom. The molecule has 1 aliphatic heterocycles. The second-order valence-electron chi connectivity index (χ2n) is 7.66. The lowest BCUT2D eigenvalue weighted by Crippen LogP contribution is -2.24. The average Bonchev–Trinajstić information content (AvgIpc) is 3.09. The van der Waals surface area contributed by atoms with Crippen molar-refractivity contribution in [3.05, 3.63) is 70.7 Å². The molecule has 172 valence electrons. The maximum Gasteiger partial charge on any atom is 0.416 e. The molecule has 0 saturated heterocycles. The zero-order chi connectivity index (χ0) is 23.1. The summed E-state index contributed by atoms with van der Waals surface area (Å²) in [6.45, 7) is 6.05. The second kappa shape index (κ2) is 10.6. The van der Waals surface area contributed by atoms with E-state index in [1.165, 1.54) is 23.5 Å². The first kappa shape index (κ1) is 23.8. The number of halogens is 3. The zero-order valence-electron chi connectivity index (χ0n) is 18.4. The van der Waals surface area contributed by atoms with Gasteiger partial charge < -0.3 is 15.2 Å². The van der Waals surface area contributed by atoms with Gasteiger partial charge in [0.25, 0.3) is 5.91 Å². The van der Waals surface area contributed by atoms with Crippen LogP contribution in [0.5, 0.6) is 0 Å². The van der Waals surface area contributed by atoms with E-state index in [-0.39, 0.29) is 12.5 Å². The molecule has 1 aromatic carbocycles. The van der Waals surface area contributed by atoms with Gasteiger partial charge in [-0.15, -0.1) is 0 Å². The standard InChI is InChI=1S/C22H23F3N4O.C2H6/c23-22(24,25)19-6-1-3-15(9-19)12-29-13-20(27-14-29)28-21(30)17-4-2-5-18-11-26-8-7-16(18)10-17;1-2/h1,3,6,9-10,13-14,26H,2,4-5,7-8,11-12H2,(H,28,30);1-2H3. The van der Waals surface area contributed by atoms with Crippen molar-refractivity contribution in [1.82, 2.24) is 14.9 Å². The predicted octanol–water partition coefficient (Wildman–Crippen LogP) is 5.32. The monoisotopic (exact) mass is 446 g/mol. The van der Waals surface area contributed by atoms with Crippen molar-refractivity contribution in [1.29, 1.82) is 0 Å². The van der Waals surface area contributed by atoms with E-state index in [0.717, 1.165) is 50.1 Å². The molecule has 0 bridgehead atoms. The number of imidazole rings is 1. The highest BCUT2D eigenvalue weighted by atomic mass is 19.4. The first-order valence-corrected chi connectivity index (χ1v) is 11.0. The van der Waals surface area contributed by atoms with E-state index in [1.54, 1.807) is 16.8 Å². The number of allylic oxidation sites excluding steroid dienone is 1. The summed E-state index contributed by atoms with van der Waals surface area (Å²) in [5.74, 6) is 0.211. The van der Waals surface area contributed by atoms with Crippen LogP contribution in [-0.2, 0) is 17.5 Å². The molecule has 0 spiro atoms. The van der Waals surface area contributed by atoms with E-state index in [4.69, 9.17) is 0 Å². The minimum absolute atomic E-state index is 0.174. The van der Waals surface area contributed by atoms with E-state index in [2.05, 4.69) is 15.6 Å². The van der Waals surface area contributed by atoms with E-state index in [0.29, 0.717) is 17.8 Å². The molecule has 1 aromatic heterocycles. The number of amides is 1. The number of aromatic nitrogens is 2. The van der Waals surface area contributed by atoms with Gasteiger partial charge >= 0.3 is 6.18 Å². The predicted molar refractivity (Wildman–Crippen MR) is 119 cm³/mol. The Labute approximate surface area is 186 Å². The lowest BCUT2D eigenvalue weighted by molar-refractivity contribution is -0.137. The van der Waals surface area contributed by atoms with Gasteiger partial charge in [-0.2, -0.15) is 13.2 Å². The number of carbonyl (C=O) groups excluding carboxylic acids is 1. The first-order chi connectivity index (χ1) is 15.4. The highest BCUT2D eigenvalue weighted by Gasteiger charge is 2.30. The minimum Gasteiger partial charge on any atom is -0.331 e. The maximum absolute atomic E-state index is 12.9. The van der Waals surface area contributed by atoms with Crippen molar-refractivity contribution in [2.45, 2.75) is 52.3 Å². The lowest BCUT2D eigenvalue weighted by atomic mass is 9.99. The van der Waals surface area contributed by atoms with Crippen molar-refractivity contribution in [2.24, 2.45) is 0 Å². The van der Waals surface area contributed by atoms with Crippen LogP contribution in [0.1, 0.15) is 50.7 Å². The number of carbonyl (C=O) groups is 1. The average molecular weight is 447 g/mol. The maximum atomic E-state index is 12.9. The van der Waals surface area contributed by atoms with Crippen LogP contribution in [-0.4, -0.2) is 28.5 Å². The molecule has 4 rings (SSSR count). The lowest BCUT2D eigenvalue weighted by Gasteiger charge is -2.18. The van der Waals surface area contributed by atoms with Crippen LogP contribution in [0.15, 0.2) is 59.6 Å². The Balaban J connectivity index is 0.00000141. The summed E-state index contributed by atoms with van der Waals surface area (Å²) >= 11 is 0. The van der Waals surface area contributed by atoms with Crippen LogP contribution >= 0.6 is 0 Å². The Kier molecular flexibility index (Phi) is 7.90. The Morgan fingerprint density at radius 1 is 1.22 bits per heavy atom. The van der Waals surface area contributed by atoms with Gasteiger partial charge in [-0.05, 0) is 55.5 Å². The summed E-state index contributed by atoms with van der Waals surface area (Å²) in [7, 11) is 0. The largest absolute Gasteiger partial charge is 0.416 e. The van der Waals surface area contributed by atoms with Crippen LogP contribution in [0.4, 0.5) is 19.0 Å². The van der Waals surface area contributed by atoms with Crippen LogP contribution in [0, 0.1) is 0 Å². The highest BCUT2D eigenvalue weighted by Crippen LogP contribution is 2.30. The third kappa shape index (κ3) is 6.09. The molecule has 2 N–H and O–H groups in total. The number of rotatable bonds is 4. The third-order valence-corrected chi connectivity index (χ3v) is 5.42. The van der Waals surface area contributed by atoms with Crippen LogP contribution < -0.4 is 10.6 Å². The Hall–Kier alpha value is -2.87. The molecule has 1 amide bonds. The molecule has 2 aliphatic rings. The number of nitrogens with zero attached hydrogens (tertiary/aromatic N) is 2. The normalized spacial score (nSPS) is 16.3. The minimum atomic E-state index is -4.37. The van der Waals surface area contributed by atoms with Gasteiger partial charge in [0.1, 0.15) is 0 Å². The fraction of sp³-hybridized carbons (Fsp3) is 0.417. The van der Waals surface area contributed by atoms with Crippen molar-refractivity contribution in [3.8, 4) is 0 Å². The molecule has 32 heavy (non-hydrogen) atoms. The zero-order valence-corrected chi connectivity index (χ0v) is 18.4. The van der Waals surface area contributed by atoms with Crippen molar-refractivity contribution in [3.63, 3.8) is 0 Å². The smallest absolute Gasteiger partial charge is 0.331 e. The van der Waals surface area contributed by atoms with E-state index in [1.807, 2.05) is 19.9 Å². The Morgan fingerprint density at radius 3 is 2.81 bits per heavy atom. The molecule has 0 unspecified atom stereocenters. The molecule has 0 fully saturated rings. The van der Waals surface area contributed by atoms with Gasteiger partial charge in [-0.25, -0.2) is 4.98 Å². The molecule has 0 atom stereocenters. The molecule has 5 nitrogen and oxygen atoms in total. The van der Waals surface area contributed by atoms with Gasteiger partial charge in [-0.3, -0.25) is 4.79 Å². The number of hydrogen-bond acceptors (Lipinski definition) is 3. The summed E-state index contributed by atoms with van der Waals surface area (Å²) < 4.78 is 40.3. The fourth-order valence-electron chi connectivity index (χ4n) is 3.89. The third-order valence-electron chi connectivity index (χ3n) is 5.42. The fourth-order valence-corrected chi connectivity index (χ4v) is 3.89. The van der Waals surface area contributed by atoms with Gasteiger partial charge in [0.15, 0.2) is 5.82 Å². The molecular weight excluding hydrogens is 417 g/mol. The summed E-state index contributed by atoms with van der Waals surface area (Å²) in [4.78, 5) is 16.9. The number of nitrogens with one attached hydrogen (secondary N) is 2. The highest BCUT2D eigenvalue weighted by molar-refractivity contribution is 6.03. The van der Waals surface area contributed by atoms with Crippen molar-refractivity contribution < 1.29 is 18.0 Å². The number of alkyl halides is 3. The molecule has 8 heteroatoms. The number of hydrogen-bond donors (Lipinski definition) is 2. The molecule has 2 heterocycles. The first-order valence-electron chi connectivity index (χ1n) is 11.0. The number of anilines is 1. The van der Waals surface area contributed by atoms with Gasteiger partial charge in [0.2, 0.25) is 0 Å². The summed E-state index contributed by atoms with van der Waals surface area (Å²) in [5, 5.41) is 6.19. The topological polar surface area (TPSA) is 59.0 Å². The van der Waals surface area contributed by atoms with Crippen LogP contribution in [0.3, 0.4) is 0 Å². The van der Waals surface area contributed by atoms with E-state index >= 15 is 0 Å². The number of benzene rings is 1. The summed E-state index contributed by atoms with van der Waals surface area (Å²) in [6, 6.07) is 5.19. The van der Waals surface area contributed by atoms with E-state index in [9.17, 15) is 18.0 Å². The van der Waals surface area contributed by atoms with Crippen LogP contribution in [0.2, 0.25) is 0 Å². The second-order valence-corrected chi connectivity index (χ2v) is 7.66. The van der Waals surface area contributed by atoms with Crippen LogP contribution in [0.25, 0.3) is 0 Å². The van der Waals surface area contributed by atoms with Gasteiger partial charge in [0, 0.05) is 24.9 Å². The molecule has 0 saturated carbocycles.